The zero-order chi connectivity index (χ0) is 16.4. The van der Waals surface area contributed by atoms with E-state index in [4.69, 9.17) is 9.47 Å². The Morgan fingerprint density at radius 3 is 1.83 bits per heavy atom. The second-order valence-corrected chi connectivity index (χ2v) is 5.58. The average molecular weight is 308 g/mol. The number of rotatable bonds is 3. The van der Waals surface area contributed by atoms with Crippen LogP contribution in [0.3, 0.4) is 0 Å². The SMILES string of the molecule is CCc1ccc2cc3ccc(CC)cc3c(OC(=O)OC)c2c1. The molecule has 0 fully saturated rings. The van der Waals surface area contributed by atoms with Gasteiger partial charge in [0.15, 0.2) is 0 Å². The second-order valence-electron chi connectivity index (χ2n) is 5.58. The van der Waals surface area contributed by atoms with Crippen molar-refractivity contribution in [2.24, 2.45) is 0 Å². The molecule has 3 aromatic carbocycles. The van der Waals surface area contributed by atoms with E-state index < -0.39 is 6.16 Å². The highest BCUT2D eigenvalue weighted by Crippen LogP contribution is 2.36. The molecule has 0 aliphatic carbocycles. The molecule has 0 bridgehead atoms. The zero-order valence-corrected chi connectivity index (χ0v) is 13.7. The summed E-state index contributed by atoms with van der Waals surface area (Å²) in [7, 11) is 1.32. The lowest BCUT2D eigenvalue weighted by molar-refractivity contribution is 0.122. The van der Waals surface area contributed by atoms with Crippen molar-refractivity contribution in [3.8, 4) is 5.75 Å². The first-order valence-corrected chi connectivity index (χ1v) is 7.90. The third kappa shape index (κ3) is 2.87. The highest BCUT2D eigenvalue weighted by Gasteiger charge is 2.14. The van der Waals surface area contributed by atoms with Crippen LogP contribution in [0.4, 0.5) is 4.79 Å². The summed E-state index contributed by atoms with van der Waals surface area (Å²) >= 11 is 0. The van der Waals surface area contributed by atoms with Gasteiger partial charge in [-0.2, -0.15) is 0 Å². The Hall–Kier alpha value is -2.55. The highest BCUT2D eigenvalue weighted by molar-refractivity contribution is 6.06. The van der Waals surface area contributed by atoms with Gasteiger partial charge in [0, 0.05) is 10.8 Å². The van der Waals surface area contributed by atoms with Gasteiger partial charge in [-0.25, -0.2) is 4.79 Å². The molecule has 3 nitrogen and oxygen atoms in total. The number of fused-ring (bicyclic) bond motifs is 2. The summed E-state index contributed by atoms with van der Waals surface area (Å²) < 4.78 is 10.2. The van der Waals surface area contributed by atoms with Crippen molar-refractivity contribution in [1.82, 2.24) is 0 Å². The Kier molecular flexibility index (Phi) is 4.20. The van der Waals surface area contributed by atoms with Crippen LogP contribution in [0.5, 0.6) is 5.75 Å². The summed E-state index contributed by atoms with van der Waals surface area (Å²) in [6.07, 6.45) is 1.17. The molecule has 0 radical (unpaired) electrons. The van der Waals surface area contributed by atoms with Crippen LogP contribution in [0, 0.1) is 0 Å². The van der Waals surface area contributed by atoms with E-state index in [1.54, 1.807) is 0 Å². The second kappa shape index (κ2) is 6.29. The molecule has 0 N–H and O–H groups in total. The summed E-state index contributed by atoms with van der Waals surface area (Å²) in [4.78, 5) is 11.7. The largest absolute Gasteiger partial charge is 0.513 e. The van der Waals surface area contributed by atoms with Crippen LogP contribution in [-0.2, 0) is 17.6 Å². The van der Waals surface area contributed by atoms with Crippen molar-refractivity contribution >= 4 is 27.7 Å². The number of hydrogen-bond acceptors (Lipinski definition) is 3. The third-order valence-corrected chi connectivity index (χ3v) is 4.20. The zero-order valence-electron chi connectivity index (χ0n) is 13.7. The number of benzene rings is 3. The number of carbonyl (C=O) groups is 1. The molecule has 0 spiro atoms. The lowest BCUT2D eigenvalue weighted by Crippen LogP contribution is -2.08. The van der Waals surface area contributed by atoms with Crippen molar-refractivity contribution in [3.05, 3.63) is 53.6 Å². The standard InChI is InChI=1S/C20H20O3/c1-4-13-6-8-15-12-16-9-7-14(5-2)11-18(16)19(17(15)10-13)23-20(21)22-3/h6-12H,4-5H2,1-3H3. The van der Waals surface area contributed by atoms with Crippen LogP contribution < -0.4 is 4.74 Å². The van der Waals surface area contributed by atoms with Crippen LogP contribution in [0.25, 0.3) is 21.5 Å². The van der Waals surface area contributed by atoms with E-state index in [0.29, 0.717) is 5.75 Å². The van der Waals surface area contributed by atoms with E-state index in [1.165, 1.54) is 18.2 Å². The van der Waals surface area contributed by atoms with Crippen LogP contribution in [0.2, 0.25) is 0 Å². The minimum atomic E-state index is -0.692. The molecular weight excluding hydrogens is 288 g/mol. The van der Waals surface area contributed by atoms with Gasteiger partial charge in [-0.15, -0.1) is 0 Å². The minimum Gasteiger partial charge on any atom is -0.437 e. The van der Waals surface area contributed by atoms with Crippen molar-refractivity contribution in [2.45, 2.75) is 26.7 Å². The summed E-state index contributed by atoms with van der Waals surface area (Å²) in [5.74, 6) is 0.579. The van der Waals surface area contributed by atoms with E-state index in [-0.39, 0.29) is 0 Å². The molecule has 3 rings (SSSR count). The van der Waals surface area contributed by atoms with E-state index in [1.807, 2.05) is 0 Å². The summed E-state index contributed by atoms with van der Waals surface area (Å²) in [6.45, 7) is 4.22. The fourth-order valence-corrected chi connectivity index (χ4v) is 2.84. The minimum absolute atomic E-state index is 0.579. The Morgan fingerprint density at radius 2 is 1.39 bits per heavy atom. The fourth-order valence-electron chi connectivity index (χ4n) is 2.84. The lowest BCUT2D eigenvalue weighted by Gasteiger charge is -2.13. The van der Waals surface area contributed by atoms with Crippen LogP contribution >= 0.6 is 0 Å². The van der Waals surface area contributed by atoms with Gasteiger partial charge in [0.2, 0.25) is 0 Å². The van der Waals surface area contributed by atoms with E-state index in [2.05, 4.69) is 56.3 Å². The van der Waals surface area contributed by atoms with Crippen LogP contribution in [0.15, 0.2) is 42.5 Å². The predicted molar refractivity (Wildman–Crippen MR) is 93.2 cm³/mol. The molecule has 0 heterocycles. The monoisotopic (exact) mass is 308 g/mol. The maximum Gasteiger partial charge on any atom is 0.513 e. The van der Waals surface area contributed by atoms with Crippen molar-refractivity contribution in [1.29, 1.82) is 0 Å². The van der Waals surface area contributed by atoms with Crippen LogP contribution in [-0.4, -0.2) is 13.3 Å². The topological polar surface area (TPSA) is 35.5 Å². The molecule has 3 heteroatoms. The van der Waals surface area contributed by atoms with Gasteiger partial charge in [-0.1, -0.05) is 38.1 Å². The quantitative estimate of drug-likeness (QED) is 0.376. The molecule has 23 heavy (non-hydrogen) atoms. The Balaban J connectivity index is 2.36. The predicted octanol–water partition coefficient (Wildman–Crippen LogP) is 5.26. The van der Waals surface area contributed by atoms with E-state index in [9.17, 15) is 4.79 Å². The first-order valence-electron chi connectivity index (χ1n) is 7.90. The van der Waals surface area contributed by atoms with Crippen molar-refractivity contribution in [3.63, 3.8) is 0 Å². The maximum atomic E-state index is 11.7. The summed E-state index contributed by atoms with van der Waals surface area (Å²) in [5, 5.41) is 3.99. The lowest BCUT2D eigenvalue weighted by atomic mass is 9.98. The number of hydrogen-bond donors (Lipinski definition) is 0. The molecule has 0 aliphatic heterocycles. The van der Waals surface area contributed by atoms with Gasteiger partial charge >= 0.3 is 6.16 Å². The fraction of sp³-hybridized carbons (Fsp3) is 0.250. The Labute approximate surface area is 135 Å². The normalized spacial score (nSPS) is 10.9. The van der Waals surface area contributed by atoms with E-state index in [0.717, 1.165) is 34.4 Å². The first kappa shape index (κ1) is 15.3. The Morgan fingerprint density at radius 1 is 0.870 bits per heavy atom. The van der Waals surface area contributed by atoms with E-state index >= 15 is 0 Å². The number of aryl methyl sites for hydroxylation is 2. The van der Waals surface area contributed by atoms with Gasteiger partial charge in [0.1, 0.15) is 5.75 Å². The number of carbonyl (C=O) groups excluding carboxylic acids is 1. The molecule has 0 unspecified atom stereocenters. The summed E-state index contributed by atoms with van der Waals surface area (Å²) in [5.41, 5.74) is 2.41. The van der Waals surface area contributed by atoms with Gasteiger partial charge in [0.25, 0.3) is 0 Å². The molecule has 3 aromatic rings. The molecular formula is C20H20O3. The molecule has 0 saturated heterocycles. The number of methoxy groups -OCH3 is 1. The van der Waals surface area contributed by atoms with Gasteiger partial charge in [-0.3, -0.25) is 0 Å². The van der Waals surface area contributed by atoms with Gasteiger partial charge in [0.05, 0.1) is 7.11 Å². The van der Waals surface area contributed by atoms with Gasteiger partial charge in [-0.05, 0) is 52.9 Å². The van der Waals surface area contributed by atoms with Crippen molar-refractivity contribution in [2.75, 3.05) is 7.11 Å². The number of ether oxygens (including phenoxy) is 2. The summed E-state index contributed by atoms with van der Waals surface area (Å²) in [6, 6.07) is 14.7. The molecule has 0 amide bonds. The molecule has 0 saturated carbocycles. The Bertz CT molecular complexity index is 819. The van der Waals surface area contributed by atoms with Crippen molar-refractivity contribution < 1.29 is 14.3 Å². The first-order chi connectivity index (χ1) is 11.2. The molecule has 0 aromatic heterocycles. The smallest absolute Gasteiger partial charge is 0.437 e. The average Bonchev–Trinajstić information content (AvgIpc) is 2.60. The molecule has 0 aliphatic rings. The van der Waals surface area contributed by atoms with Crippen LogP contribution in [0.1, 0.15) is 25.0 Å². The highest BCUT2D eigenvalue weighted by atomic mass is 16.7. The molecule has 0 atom stereocenters. The van der Waals surface area contributed by atoms with Gasteiger partial charge < -0.3 is 9.47 Å². The molecule has 118 valence electrons. The third-order valence-electron chi connectivity index (χ3n) is 4.20. The maximum absolute atomic E-state index is 11.7.